The van der Waals surface area contributed by atoms with Gasteiger partial charge < -0.3 is 15.4 Å². The van der Waals surface area contributed by atoms with Crippen LogP contribution in [0.5, 0.6) is 0 Å². The van der Waals surface area contributed by atoms with E-state index >= 15 is 0 Å². The van der Waals surface area contributed by atoms with Crippen molar-refractivity contribution in [1.29, 1.82) is 0 Å². The van der Waals surface area contributed by atoms with E-state index < -0.39 is 18.0 Å². The average molecular weight is 361 g/mol. The molecule has 7 nitrogen and oxygen atoms in total. The number of halogens is 1. The van der Waals surface area contributed by atoms with E-state index in [-0.39, 0.29) is 5.56 Å². The van der Waals surface area contributed by atoms with Crippen molar-refractivity contribution in [3.05, 3.63) is 47.2 Å². The summed E-state index contributed by atoms with van der Waals surface area (Å²) in [5.74, 6) is -0.0477. The Bertz CT molecular complexity index is 760. The zero-order chi connectivity index (χ0) is 17.8. The van der Waals surface area contributed by atoms with Crippen molar-refractivity contribution in [2.45, 2.75) is 31.9 Å². The van der Waals surface area contributed by atoms with Gasteiger partial charge in [-0.15, -0.1) is 0 Å². The highest BCUT2D eigenvalue weighted by atomic mass is 35.5. The first-order chi connectivity index (χ1) is 12.0. The van der Waals surface area contributed by atoms with E-state index in [9.17, 15) is 9.59 Å². The van der Waals surface area contributed by atoms with Crippen LogP contribution in [0.1, 0.15) is 30.1 Å². The van der Waals surface area contributed by atoms with Crippen LogP contribution in [0.3, 0.4) is 0 Å². The molecule has 1 atom stereocenters. The second kappa shape index (κ2) is 7.48. The number of anilines is 2. The Balaban J connectivity index is 1.53. The molecule has 0 aromatic carbocycles. The topological polar surface area (TPSA) is 93.2 Å². The molecular formula is C17H17ClN4O3. The van der Waals surface area contributed by atoms with E-state index in [4.69, 9.17) is 16.3 Å². The van der Waals surface area contributed by atoms with Crippen LogP contribution in [0.2, 0.25) is 5.02 Å². The van der Waals surface area contributed by atoms with Gasteiger partial charge in [-0.3, -0.25) is 4.79 Å². The number of amides is 1. The summed E-state index contributed by atoms with van der Waals surface area (Å²) in [6, 6.07) is 6.98. The van der Waals surface area contributed by atoms with Crippen molar-refractivity contribution in [2.24, 2.45) is 0 Å². The fraction of sp³-hybridized carbons (Fsp3) is 0.294. The molecule has 8 heteroatoms. The van der Waals surface area contributed by atoms with Crippen LogP contribution in [-0.2, 0) is 9.53 Å². The third-order valence-electron chi connectivity index (χ3n) is 3.56. The smallest absolute Gasteiger partial charge is 0.340 e. The van der Waals surface area contributed by atoms with Crippen molar-refractivity contribution < 1.29 is 14.3 Å². The summed E-state index contributed by atoms with van der Waals surface area (Å²) in [7, 11) is 0. The molecule has 1 fully saturated rings. The van der Waals surface area contributed by atoms with Crippen LogP contribution in [0.15, 0.2) is 36.7 Å². The van der Waals surface area contributed by atoms with Gasteiger partial charge in [-0.05, 0) is 44.0 Å². The van der Waals surface area contributed by atoms with E-state index in [1.165, 1.54) is 19.3 Å². The summed E-state index contributed by atoms with van der Waals surface area (Å²) in [6.45, 7) is 1.49. The number of hydrogen-bond acceptors (Lipinski definition) is 6. The molecular weight excluding hydrogens is 344 g/mol. The molecule has 1 unspecified atom stereocenters. The van der Waals surface area contributed by atoms with Crippen LogP contribution in [0, 0.1) is 0 Å². The maximum atomic E-state index is 12.1. The van der Waals surface area contributed by atoms with Gasteiger partial charge in [-0.25, -0.2) is 14.8 Å². The van der Waals surface area contributed by atoms with E-state index in [1.807, 2.05) is 0 Å². The third kappa shape index (κ3) is 4.90. The monoisotopic (exact) mass is 360 g/mol. The van der Waals surface area contributed by atoms with Gasteiger partial charge in [0.05, 0.1) is 10.6 Å². The number of esters is 1. The van der Waals surface area contributed by atoms with Crippen molar-refractivity contribution in [2.75, 3.05) is 10.6 Å². The second-order valence-corrected chi connectivity index (χ2v) is 6.19. The number of carbonyl (C=O) groups excluding carboxylic acids is 2. The predicted octanol–water partition coefficient (Wildman–Crippen LogP) is 2.89. The predicted molar refractivity (Wildman–Crippen MR) is 93.6 cm³/mol. The highest BCUT2D eigenvalue weighted by Crippen LogP contribution is 2.23. The van der Waals surface area contributed by atoms with Crippen molar-refractivity contribution in [1.82, 2.24) is 9.97 Å². The van der Waals surface area contributed by atoms with Crippen molar-refractivity contribution >= 4 is 35.1 Å². The molecule has 0 radical (unpaired) electrons. The Kier molecular flexibility index (Phi) is 5.14. The van der Waals surface area contributed by atoms with Gasteiger partial charge in [0.1, 0.15) is 11.6 Å². The third-order valence-corrected chi connectivity index (χ3v) is 3.78. The fourth-order valence-corrected chi connectivity index (χ4v) is 2.11. The second-order valence-electron chi connectivity index (χ2n) is 5.75. The molecule has 25 heavy (non-hydrogen) atoms. The lowest BCUT2D eigenvalue weighted by molar-refractivity contribution is -0.123. The van der Waals surface area contributed by atoms with Crippen molar-refractivity contribution in [3.63, 3.8) is 0 Å². The zero-order valence-electron chi connectivity index (χ0n) is 13.5. The standard InChI is InChI=1S/C17H17ClN4O3/c1-10(16(23)22-15-7-3-12(18)9-20-15)25-17(24)11-2-6-14(19-8-11)21-13-4-5-13/h2-3,6-10,13H,4-5H2,1H3,(H,19,21)(H,20,22,23). The highest BCUT2D eigenvalue weighted by molar-refractivity contribution is 6.30. The number of aromatic nitrogens is 2. The maximum absolute atomic E-state index is 12.1. The van der Waals surface area contributed by atoms with Gasteiger partial charge in [0.25, 0.3) is 5.91 Å². The Labute approximate surface area is 149 Å². The van der Waals surface area contributed by atoms with Crippen LogP contribution < -0.4 is 10.6 Å². The molecule has 0 spiro atoms. The molecule has 3 rings (SSSR count). The molecule has 2 N–H and O–H groups in total. The largest absolute Gasteiger partial charge is 0.449 e. The van der Waals surface area contributed by atoms with Gasteiger partial charge in [-0.1, -0.05) is 11.6 Å². The number of ether oxygens (including phenoxy) is 1. The molecule has 0 aliphatic heterocycles. The lowest BCUT2D eigenvalue weighted by atomic mass is 10.3. The van der Waals surface area contributed by atoms with E-state index in [0.717, 1.165) is 18.7 Å². The summed E-state index contributed by atoms with van der Waals surface area (Å²) in [6.07, 6.45) is 4.14. The lowest BCUT2D eigenvalue weighted by Gasteiger charge is -2.13. The first kappa shape index (κ1) is 17.2. The van der Waals surface area contributed by atoms with E-state index in [0.29, 0.717) is 16.9 Å². The number of nitrogens with zero attached hydrogens (tertiary/aromatic N) is 2. The molecule has 1 saturated carbocycles. The molecule has 0 saturated heterocycles. The molecule has 2 aromatic heterocycles. The Morgan fingerprint density at radius 3 is 2.48 bits per heavy atom. The van der Waals surface area contributed by atoms with Crippen LogP contribution in [0.25, 0.3) is 0 Å². The summed E-state index contributed by atoms with van der Waals surface area (Å²) < 4.78 is 5.16. The number of pyridine rings is 2. The molecule has 1 amide bonds. The van der Waals surface area contributed by atoms with Gasteiger partial charge in [-0.2, -0.15) is 0 Å². The Hall–Kier alpha value is -2.67. The van der Waals surface area contributed by atoms with Gasteiger partial charge >= 0.3 is 5.97 Å². The van der Waals surface area contributed by atoms with E-state index in [1.54, 1.807) is 24.3 Å². The molecule has 1 aliphatic rings. The van der Waals surface area contributed by atoms with Crippen LogP contribution in [0.4, 0.5) is 11.6 Å². The molecule has 0 bridgehead atoms. The fourth-order valence-electron chi connectivity index (χ4n) is 2.00. The summed E-state index contributed by atoms with van der Waals surface area (Å²) in [5.41, 5.74) is 0.283. The Morgan fingerprint density at radius 2 is 1.88 bits per heavy atom. The number of rotatable bonds is 6. The van der Waals surface area contributed by atoms with Gasteiger partial charge in [0, 0.05) is 18.4 Å². The van der Waals surface area contributed by atoms with Crippen molar-refractivity contribution in [3.8, 4) is 0 Å². The Morgan fingerprint density at radius 1 is 1.16 bits per heavy atom. The minimum Gasteiger partial charge on any atom is -0.449 e. The summed E-state index contributed by atoms with van der Waals surface area (Å²) >= 11 is 5.73. The van der Waals surface area contributed by atoms with E-state index in [2.05, 4.69) is 20.6 Å². The molecule has 1 aliphatic carbocycles. The lowest BCUT2D eigenvalue weighted by Crippen LogP contribution is -2.30. The molecule has 2 heterocycles. The first-order valence-corrected chi connectivity index (χ1v) is 8.25. The quantitative estimate of drug-likeness (QED) is 0.769. The highest BCUT2D eigenvalue weighted by Gasteiger charge is 2.22. The summed E-state index contributed by atoms with van der Waals surface area (Å²) in [4.78, 5) is 32.3. The number of carbonyl (C=O) groups is 2. The normalized spacial score (nSPS) is 14.5. The number of hydrogen-bond donors (Lipinski definition) is 2. The van der Waals surface area contributed by atoms with Gasteiger partial charge in [0.2, 0.25) is 0 Å². The SMILES string of the molecule is CC(OC(=O)c1ccc(NC2CC2)nc1)C(=O)Nc1ccc(Cl)cn1. The molecule has 130 valence electrons. The average Bonchev–Trinajstić information content (AvgIpc) is 3.41. The first-order valence-electron chi connectivity index (χ1n) is 7.87. The minimum atomic E-state index is -0.978. The number of nitrogens with one attached hydrogen (secondary N) is 2. The minimum absolute atomic E-state index is 0.283. The summed E-state index contributed by atoms with van der Waals surface area (Å²) in [5, 5.41) is 6.24. The zero-order valence-corrected chi connectivity index (χ0v) is 14.3. The molecule has 2 aromatic rings. The van der Waals surface area contributed by atoms with Crippen LogP contribution >= 0.6 is 11.6 Å². The van der Waals surface area contributed by atoms with Crippen LogP contribution in [-0.4, -0.2) is 34.0 Å². The van der Waals surface area contributed by atoms with Gasteiger partial charge in [0.15, 0.2) is 6.10 Å². The maximum Gasteiger partial charge on any atom is 0.340 e.